The van der Waals surface area contributed by atoms with Crippen molar-refractivity contribution in [1.82, 2.24) is 15.1 Å². The number of aliphatic carboxylic acids is 1. The number of aryl methyl sites for hydroxylation is 2. The maximum atomic E-state index is 12.0. The van der Waals surface area contributed by atoms with Crippen LogP contribution in [0.2, 0.25) is 0 Å². The highest BCUT2D eigenvalue weighted by molar-refractivity contribution is 5.94. The van der Waals surface area contributed by atoms with E-state index in [1.807, 2.05) is 36.7 Å². The van der Waals surface area contributed by atoms with Crippen molar-refractivity contribution < 1.29 is 19.8 Å². The maximum absolute atomic E-state index is 12.0. The second-order valence-electron chi connectivity index (χ2n) is 5.68. The lowest BCUT2D eigenvalue weighted by Crippen LogP contribution is -2.30. The molecular weight excluding hydrogens is 310 g/mol. The minimum absolute atomic E-state index is 0.0307. The van der Waals surface area contributed by atoms with Gasteiger partial charge in [-0.3, -0.25) is 9.48 Å². The van der Waals surface area contributed by atoms with E-state index in [1.54, 1.807) is 12.1 Å². The van der Waals surface area contributed by atoms with Gasteiger partial charge in [0.2, 0.25) is 0 Å². The average molecular weight is 331 g/mol. The summed E-state index contributed by atoms with van der Waals surface area (Å²) in [5, 5.41) is 24.7. The Labute approximate surface area is 139 Å². The molecule has 0 saturated heterocycles. The lowest BCUT2D eigenvalue weighted by atomic mass is 10.1. The summed E-state index contributed by atoms with van der Waals surface area (Å²) in [5.74, 6) is -1.59. The molecule has 0 radical (unpaired) electrons. The highest BCUT2D eigenvalue weighted by Crippen LogP contribution is 2.09. The number of carbonyl (C=O) groups excluding carboxylic acids is 1. The normalized spacial score (nSPS) is 12.0. The molecule has 1 aromatic heterocycles. The summed E-state index contributed by atoms with van der Waals surface area (Å²) < 4.78 is 1.90. The maximum Gasteiger partial charge on any atom is 0.332 e. The van der Waals surface area contributed by atoms with Gasteiger partial charge < -0.3 is 15.5 Å². The number of hydrogen-bond donors (Lipinski definition) is 3. The first-order valence-electron chi connectivity index (χ1n) is 7.66. The SMILES string of the molecule is Cc1cc(C)n(Cc2ccc(C(=O)NCC[C@H](O)C(=O)O)cc2)n1. The summed E-state index contributed by atoms with van der Waals surface area (Å²) in [6.07, 6.45) is -1.50. The van der Waals surface area contributed by atoms with Crippen LogP contribution < -0.4 is 5.32 Å². The molecule has 1 amide bonds. The van der Waals surface area contributed by atoms with Crippen molar-refractivity contribution in [2.75, 3.05) is 6.54 Å². The van der Waals surface area contributed by atoms with Gasteiger partial charge >= 0.3 is 5.97 Å². The number of nitrogens with zero attached hydrogens (tertiary/aromatic N) is 2. The predicted octanol–water partition coefficient (Wildman–Crippen LogP) is 1.11. The van der Waals surface area contributed by atoms with Crippen LogP contribution in [0.15, 0.2) is 30.3 Å². The largest absolute Gasteiger partial charge is 0.479 e. The van der Waals surface area contributed by atoms with Gasteiger partial charge in [-0.15, -0.1) is 0 Å². The number of carboxylic acids is 1. The molecule has 128 valence electrons. The van der Waals surface area contributed by atoms with E-state index in [-0.39, 0.29) is 18.9 Å². The minimum Gasteiger partial charge on any atom is -0.479 e. The van der Waals surface area contributed by atoms with Gasteiger partial charge in [0.15, 0.2) is 6.10 Å². The zero-order valence-corrected chi connectivity index (χ0v) is 13.7. The van der Waals surface area contributed by atoms with Crippen LogP contribution in [0.25, 0.3) is 0 Å². The number of aromatic nitrogens is 2. The number of carbonyl (C=O) groups is 2. The van der Waals surface area contributed by atoms with Gasteiger partial charge in [0.05, 0.1) is 12.2 Å². The average Bonchev–Trinajstić information content (AvgIpc) is 2.85. The Morgan fingerprint density at radius 1 is 1.25 bits per heavy atom. The quantitative estimate of drug-likeness (QED) is 0.705. The van der Waals surface area contributed by atoms with Crippen LogP contribution in [0, 0.1) is 13.8 Å². The molecule has 0 aliphatic heterocycles. The molecule has 0 bridgehead atoms. The lowest BCUT2D eigenvalue weighted by molar-refractivity contribution is -0.146. The monoisotopic (exact) mass is 331 g/mol. The second-order valence-corrected chi connectivity index (χ2v) is 5.68. The third-order valence-corrected chi connectivity index (χ3v) is 3.64. The number of amides is 1. The number of aliphatic hydroxyl groups excluding tert-OH is 1. The first kappa shape index (κ1) is 17.7. The summed E-state index contributed by atoms with van der Waals surface area (Å²) in [7, 11) is 0. The number of hydrogen-bond acceptors (Lipinski definition) is 4. The van der Waals surface area contributed by atoms with Crippen molar-refractivity contribution in [2.45, 2.75) is 32.9 Å². The number of aliphatic hydroxyl groups is 1. The van der Waals surface area contributed by atoms with Crippen molar-refractivity contribution >= 4 is 11.9 Å². The molecule has 0 saturated carbocycles. The van der Waals surface area contributed by atoms with E-state index >= 15 is 0 Å². The van der Waals surface area contributed by atoms with E-state index in [0.717, 1.165) is 17.0 Å². The van der Waals surface area contributed by atoms with Crippen molar-refractivity contribution in [3.63, 3.8) is 0 Å². The number of benzene rings is 1. The molecule has 0 aliphatic carbocycles. The molecule has 0 spiro atoms. The van der Waals surface area contributed by atoms with Crippen LogP contribution in [-0.2, 0) is 11.3 Å². The van der Waals surface area contributed by atoms with E-state index in [2.05, 4.69) is 10.4 Å². The molecule has 0 aliphatic rings. The molecule has 3 N–H and O–H groups in total. The molecular formula is C17H21N3O4. The van der Waals surface area contributed by atoms with E-state index in [1.165, 1.54) is 0 Å². The Kier molecular flexibility index (Phi) is 5.70. The van der Waals surface area contributed by atoms with Crippen molar-refractivity contribution in [2.24, 2.45) is 0 Å². The lowest BCUT2D eigenvalue weighted by Gasteiger charge is -2.08. The minimum atomic E-state index is -1.46. The van der Waals surface area contributed by atoms with Crippen LogP contribution >= 0.6 is 0 Å². The Morgan fingerprint density at radius 2 is 1.92 bits per heavy atom. The molecule has 7 nitrogen and oxygen atoms in total. The highest BCUT2D eigenvalue weighted by atomic mass is 16.4. The van der Waals surface area contributed by atoms with Gasteiger partial charge in [-0.05, 0) is 37.6 Å². The van der Waals surface area contributed by atoms with Crippen LogP contribution in [0.1, 0.15) is 33.7 Å². The summed E-state index contributed by atoms with van der Waals surface area (Å²) in [5.41, 5.74) is 3.55. The van der Waals surface area contributed by atoms with Gasteiger partial charge in [0.1, 0.15) is 0 Å². The molecule has 0 unspecified atom stereocenters. The van der Waals surface area contributed by atoms with E-state index < -0.39 is 12.1 Å². The highest BCUT2D eigenvalue weighted by Gasteiger charge is 2.13. The standard InChI is InChI=1S/C17H21N3O4/c1-11-9-12(2)20(19-11)10-13-3-5-14(6-4-13)16(22)18-8-7-15(21)17(23)24/h3-6,9,15,21H,7-8,10H2,1-2H3,(H,18,22)(H,23,24)/t15-/m0/s1. The first-order chi connectivity index (χ1) is 11.4. The zero-order chi connectivity index (χ0) is 17.7. The van der Waals surface area contributed by atoms with Crippen molar-refractivity contribution in [3.05, 3.63) is 52.8 Å². The number of nitrogens with one attached hydrogen (secondary N) is 1. The summed E-state index contributed by atoms with van der Waals surface area (Å²) in [6.45, 7) is 4.66. The van der Waals surface area contributed by atoms with E-state index in [4.69, 9.17) is 10.2 Å². The van der Waals surface area contributed by atoms with Gasteiger partial charge in [-0.2, -0.15) is 5.10 Å². The Balaban J connectivity index is 1.90. The van der Waals surface area contributed by atoms with Crippen LogP contribution in [0.3, 0.4) is 0 Å². The fraction of sp³-hybridized carbons (Fsp3) is 0.353. The molecule has 0 fully saturated rings. The molecule has 2 aromatic rings. The topological polar surface area (TPSA) is 104 Å². The number of rotatable bonds is 7. The molecule has 2 rings (SSSR count). The smallest absolute Gasteiger partial charge is 0.332 e. The van der Waals surface area contributed by atoms with E-state index in [9.17, 15) is 9.59 Å². The van der Waals surface area contributed by atoms with Crippen LogP contribution in [-0.4, -0.2) is 44.5 Å². The molecule has 24 heavy (non-hydrogen) atoms. The van der Waals surface area contributed by atoms with Gasteiger partial charge in [0, 0.05) is 24.2 Å². The molecule has 1 atom stereocenters. The summed E-state index contributed by atoms with van der Waals surface area (Å²) in [6, 6.07) is 9.15. The second kappa shape index (κ2) is 7.74. The number of carboxylic acid groups (broad SMARTS) is 1. The first-order valence-corrected chi connectivity index (χ1v) is 7.66. The third kappa shape index (κ3) is 4.66. The summed E-state index contributed by atoms with van der Waals surface area (Å²) in [4.78, 5) is 22.5. The zero-order valence-electron chi connectivity index (χ0n) is 13.7. The molecule has 1 heterocycles. The Hall–Kier alpha value is -2.67. The molecule has 7 heteroatoms. The van der Waals surface area contributed by atoms with Gasteiger partial charge in [0.25, 0.3) is 5.91 Å². The fourth-order valence-electron chi connectivity index (χ4n) is 2.32. The predicted molar refractivity (Wildman–Crippen MR) is 87.8 cm³/mol. The van der Waals surface area contributed by atoms with Crippen LogP contribution in [0.5, 0.6) is 0 Å². The Morgan fingerprint density at radius 3 is 2.46 bits per heavy atom. The summed E-state index contributed by atoms with van der Waals surface area (Å²) >= 11 is 0. The van der Waals surface area contributed by atoms with E-state index in [0.29, 0.717) is 12.1 Å². The molecule has 1 aromatic carbocycles. The van der Waals surface area contributed by atoms with Crippen molar-refractivity contribution in [1.29, 1.82) is 0 Å². The Bertz CT molecular complexity index is 722. The van der Waals surface area contributed by atoms with Gasteiger partial charge in [-0.25, -0.2) is 4.79 Å². The third-order valence-electron chi connectivity index (χ3n) is 3.64. The fourth-order valence-corrected chi connectivity index (χ4v) is 2.32. The van der Waals surface area contributed by atoms with Crippen molar-refractivity contribution in [3.8, 4) is 0 Å². The van der Waals surface area contributed by atoms with Crippen LogP contribution in [0.4, 0.5) is 0 Å². The van der Waals surface area contributed by atoms with Gasteiger partial charge in [-0.1, -0.05) is 12.1 Å².